The lowest BCUT2D eigenvalue weighted by Gasteiger charge is -2.23. The van der Waals surface area contributed by atoms with E-state index in [4.69, 9.17) is 0 Å². The molecule has 1 atom stereocenters. The van der Waals surface area contributed by atoms with Gasteiger partial charge in [0.15, 0.2) is 0 Å². The molecule has 112 valence electrons. The lowest BCUT2D eigenvalue weighted by Crippen LogP contribution is -2.37. The summed E-state index contributed by atoms with van der Waals surface area (Å²) in [4.78, 5) is 8.61. The van der Waals surface area contributed by atoms with Crippen LogP contribution < -0.4 is 5.32 Å². The molecular weight excluding hydrogens is 281 g/mol. The molecule has 0 saturated heterocycles. The summed E-state index contributed by atoms with van der Waals surface area (Å²) in [5.74, 6) is 0.815. The number of benzene rings is 1. The molecule has 3 aromatic rings. The number of pyridine rings is 1. The summed E-state index contributed by atoms with van der Waals surface area (Å²) < 4.78 is 15.7. The predicted molar refractivity (Wildman–Crippen MR) is 80.7 cm³/mol. The first-order valence-electron chi connectivity index (χ1n) is 7.43. The standard InChI is InChI=1S/C16H16FN5/c17-13-6-11-2-1-5-18-16(11)12(7-13)8-19-14-3-4-15-20-10-21-22(15)9-14/h1-2,5-7,10,14,19H,3-4,8-9H2. The maximum Gasteiger partial charge on any atom is 0.138 e. The van der Waals surface area contributed by atoms with E-state index in [-0.39, 0.29) is 5.82 Å². The van der Waals surface area contributed by atoms with Gasteiger partial charge in [-0.15, -0.1) is 0 Å². The van der Waals surface area contributed by atoms with Gasteiger partial charge in [0.25, 0.3) is 0 Å². The van der Waals surface area contributed by atoms with Crippen molar-refractivity contribution < 1.29 is 4.39 Å². The van der Waals surface area contributed by atoms with Crippen LogP contribution in [0.25, 0.3) is 10.9 Å². The fourth-order valence-electron chi connectivity index (χ4n) is 3.02. The van der Waals surface area contributed by atoms with Crippen molar-refractivity contribution in [2.45, 2.75) is 32.0 Å². The molecule has 1 aliphatic heterocycles. The van der Waals surface area contributed by atoms with Gasteiger partial charge in [0.05, 0.1) is 12.1 Å². The first-order chi connectivity index (χ1) is 10.8. The topological polar surface area (TPSA) is 55.6 Å². The fraction of sp³-hybridized carbons (Fsp3) is 0.312. The molecule has 5 nitrogen and oxygen atoms in total. The van der Waals surface area contributed by atoms with E-state index in [0.29, 0.717) is 12.6 Å². The number of hydrogen-bond acceptors (Lipinski definition) is 4. The van der Waals surface area contributed by atoms with Crippen molar-refractivity contribution in [3.63, 3.8) is 0 Å². The van der Waals surface area contributed by atoms with Crippen LogP contribution in [-0.2, 0) is 19.5 Å². The molecule has 1 N–H and O–H groups in total. The van der Waals surface area contributed by atoms with Gasteiger partial charge in [-0.1, -0.05) is 6.07 Å². The lowest BCUT2D eigenvalue weighted by atomic mass is 10.1. The van der Waals surface area contributed by atoms with Gasteiger partial charge in [-0.25, -0.2) is 14.1 Å². The maximum absolute atomic E-state index is 13.7. The van der Waals surface area contributed by atoms with E-state index in [9.17, 15) is 4.39 Å². The van der Waals surface area contributed by atoms with Gasteiger partial charge in [0.1, 0.15) is 18.0 Å². The van der Waals surface area contributed by atoms with Crippen LogP contribution in [0.15, 0.2) is 36.8 Å². The van der Waals surface area contributed by atoms with Crippen molar-refractivity contribution in [1.82, 2.24) is 25.1 Å². The molecule has 6 heteroatoms. The van der Waals surface area contributed by atoms with Crippen molar-refractivity contribution in [3.8, 4) is 0 Å². The summed E-state index contributed by atoms with van der Waals surface area (Å²) in [7, 11) is 0. The molecule has 22 heavy (non-hydrogen) atoms. The highest BCUT2D eigenvalue weighted by atomic mass is 19.1. The molecule has 0 aliphatic carbocycles. The van der Waals surface area contributed by atoms with Gasteiger partial charge in [-0.05, 0) is 30.2 Å². The molecule has 1 unspecified atom stereocenters. The second-order valence-corrected chi connectivity index (χ2v) is 5.61. The SMILES string of the molecule is Fc1cc(CNC2CCc3ncnn3C2)c2ncccc2c1. The Morgan fingerprint density at radius 2 is 2.27 bits per heavy atom. The van der Waals surface area contributed by atoms with E-state index in [0.717, 1.165) is 41.7 Å². The van der Waals surface area contributed by atoms with E-state index < -0.39 is 0 Å². The highest BCUT2D eigenvalue weighted by molar-refractivity contribution is 5.81. The summed E-state index contributed by atoms with van der Waals surface area (Å²) in [6, 6.07) is 7.11. The van der Waals surface area contributed by atoms with Crippen LogP contribution in [0.1, 0.15) is 17.8 Å². The molecule has 0 amide bonds. The van der Waals surface area contributed by atoms with Crippen molar-refractivity contribution in [1.29, 1.82) is 0 Å². The molecule has 3 heterocycles. The van der Waals surface area contributed by atoms with Gasteiger partial charge >= 0.3 is 0 Å². The van der Waals surface area contributed by atoms with E-state index in [1.54, 1.807) is 18.6 Å². The van der Waals surface area contributed by atoms with Crippen molar-refractivity contribution in [3.05, 3.63) is 54.0 Å². The number of nitrogens with zero attached hydrogens (tertiary/aromatic N) is 4. The Bertz CT molecular complexity index is 813. The Balaban J connectivity index is 1.53. The van der Waals surface area contributed by atoms with E-state index in [2.05, 4.69) is 20.4 Å². The normalized spacial score (nSPS) is 17.6. The number of hydrogen-bond donors (Lipinski definition) is 1. The van der Waals surface area contributed by atoms with E-state index >= 15 is 0 Å². The third-order valence-corrected chi connectivity index (χ3v) is 4.14. The molecular formula is C16H16FN5. The lowest BCUT2D eigenvalue weighted by molar-refractivity contribution is 0.358. The van der Waals surface area contributed by atoms with Crippen LogP contribution in [0.5, 0.6) is 0 Å². The molecule has 1 aromatic carbocycles. The molecule has 0 radical (unpaired) electrons. The number of aromatic nitrogens is 4. The Morgan fingerprint density at radius 3 is 3.23 bits per heavy atom. The maximum atomic E-state index is 13.7. The Kier molecular flexibility index (Phi) is 3.31. The number of fused-ring (bicyclic) bond motifs is 2. The monoisotopic (exact) mass is 297 g/mol. The first-order valence-corrected chi connectivity index (χ1v) is 7.43. The molecule has 0 fully saturated rings. The average Bonchev–Trinajstić information content (AvgIpc) is 3.00. The third-order valence-electron chi connectivity index (χ3n) is 4.14. The number of halogens is 1. The number of nitrogens with one attached hydrogen (secondary N) is 1. The molecule has 4 rings (SSSR count). The van der Waals surface area contributed by atoms with Crippen LogP contribution in [0, 0.1) is 5.82 Å². The number of aryl methyl sites for hydroxylation is 1. The first kappa shape index (κ1) is 13.3. The highest BCUT2D eigenvalue weighted by Crippen LogP contribution is 2.19. The van der Waals surface area contributed by atoms with E-state index in [1.807, 2.05) is 16.8 Å². The van der Waals surface area contributed by atoms with Gasteiger partial charge in [0, 0.05) is 30.6 Å². The molecule has 0 spiro atoms. The summed E-state index contributed by atoms with van der Waals surface area (Å²) >= 11 is 0. The predicted octanol–water partition coefficient (Wildman–Crippen LogP) is 2.07. The Hall–Kier alpha value is -2.34. The Labute approximate surface area is 127 Å². The van der Waals surface area contributed by atoms with Crippen molar-refractivity contribution in [2.75, 3.05) is 0 Å². The van der Waals surface area contributed by atoms with Crippen LogP contribution in [0.2, 0.25) is 0 Å². The van der Waals surface area contributed by atoms with Crippen LogP contribution in [-0.4, -0.2) is 25.8 Å². The second kappa shape index (κ2) is 5.46. The summed E-state index contributed by atoms with van der Waals surface area (Å²) in [5, 5.41) is 8.55. The van der Waals surface area contributed by atoms with Crippen molar-refractivity contribution >= 4 is 10.9 Å². The largest absolute Gasteiger partial charge is 0.308 e. The average molecular weight is 297 g/mol. The smallest absolute Gasteiger partial charge is 0.138 e. The minimum Gasteiger partial charge on any atom is -0.308 e. The highest BCUT2D eigenvalue weighted by Gasteiger charge is 2.19. The molecule has 1 aliphatic rings. The zero-order valence-electron chi connectivity index (χ0n) is 12.0. The van der Waals surface area contributed by atoms with E-state index in [1.165, 1.54) is 6.07 Å². The van der Waals surface area contributed by atoms with Gasteiger partial charge in [-0.2, -0.15) is 5.10 Å². The zero-order valence-corrected chi connectivity index (χ0v) is 12.0. The molecule has 0 saturated carbocycles. The van der Waals surface area contributed by atoms with Crippen LogP contribution in [0.3, 0.4) is 0 Å². The van der Waals surface area contributed by atoms with Gasteiger partial charge < -0.3 is 5.32 Å². The van der Waals surface area contributed by atoms with Gasteiger partial charge in [-0.3, -0.25) is 4.98 Å². The fourth-order valence-corrected chi connectivity index (χ4v) is 3.02. The third kappa shape index (κ3) is 2.46. The molecule has 2 aromatic heterocycles. The minimum atomic E-state index is -0.223. The summed E-state index contributed by atoms with van der Waals surface area (Å²) in [6.45, 7) is 1.40. The summed E-state index contributed by atoms with van der Waals surface area (Å²) in [6.07, 6.45) is 5.27. The van der Waals surface area contributed by atoms with Crippen LogP contribution >= 0.6 is 0 Å². The minimum absolute atomic E-state index is 0.223. The van der Waals surface area contributed by atoms with Crippen LogP contribution in [0.4, 0.5) is 4.39 Å². The summed E-state index contributed by atoms with van der Waals surface area (Å²) in [5.41, 5.74) is 1.74. The quantitative estimate of drug-likeness (QED) is 0.804. The van der Waals surface area contributed by atoms with Gasteiger partial charge in [0.2, 0.25) is 0 Å². The second-order valence-electron chi connectivity index (χ2n) is 5.61. The van der Waals surface area contributed by atoms with Crippen molar-refractivity contribution in [2.24, 2.45) is 0 Å². The Morgan fingerprint density at radius 1 is 1.32 bits per heavy atom. The number of rotatable bonds is 3. The zero-order chi connectivity index (χ0) is 14.9. The molecule has 0 bridgehead atoms.